The van der Waals surface area contributed by atoms with Gasteiger partial charge in [-0.1, -0.05) is 67.1 Å². The third-order valence-corrected chi connectivity index (χ3v) is 4.19. The van der Waals surface area contributed by atoms with Gasteiger partial charge in [0.05, 0.1) is 0 Å². The first kappa shape index (κ1) is 17.5. The lowest BCUT2D eigenvalue weighted by atomic mass is 10.0. The molecule has 0 aliphatic carbocycles. The molecule has 1 fully saturated rings. The molecule has 4 nitrogen and oxygen atoms in total. The van der Waals surface area contributed by atoms with Crippen LogP contribution >= 0.6 is 12.2 Å². The first-order chi connectivity index (χ1) is 12.3. The van der Waals surface area contributed by atoms with Gasteiger partial charge >= 0.3 is 0 Å². The van der Waals surface area contributed by atoms with Gasteiger partial charge in [0.1, 0.15) is 11.4 Å². The summed E-state index contributed by atoms with van der Waals surface area (Å²) in [6, 6.07) is 19.9. The lowest BCUT2D eigenvalue weighted by molar-refractivity contribution is 0.520. The highest BCUT2D eigenvalue weighted by molar-refractivity contribution is 7.71. The Labute approximate surface area is 153 Å². The summed E-state index contributed by atoms with van der Waals surface area (Å²) in [5, 5.41) is 10.4. The van der Waals surface area contributed by atoms with Gasteiger partial charge in [-0.3, -0.25) is 5.10 Å². The molecule has 0 spiro atoms. The van der Waals surface area contributed by atoms with Crippen molar-refractivity contribution in [3.8, 4) is 22.5 Å². The molecule has 25 heavy (non-hydrogen) atoms. The van der Waals surface area contributed by atoms with Gasteiger partial charge in [-0.25, -0.2) is 4.98 Å². The molecular formula is C20H22N4S. The fourth-order valence-corrected chi connectivity index (χ4v) is 2.87. The Balaban J connectivity index is 0.000000258. The summed E-state index contributed by atoms with van der Waals surface area (Å²) in [4.78, 5) is 4.42. The second-order valence-electron chi connectivity index (χ2n) is 5.88. The van der Waals surface area contributed by atoms with Gasteiger partial charge in [-0.05, 0) is 38.1 Å². The van der Waals surface area contributed by atoms with Crippen molar-refractivity contribution < 1.29 is 0 Å². The van der Waals surface area contributed by atoms with E-state index in [-0.39, 0.29) is 0 Å². The van der Waals surface area contributed by atoms with Gasteiger partial charge in [0.25, 0.3) is 0 Å². The van der Waals surface area contributed by atoms with E-state index < -0.39 is 0 Å². The Kier molecular flexibility index (Phi) is 6.42. The molecule has 1 aliphatic heterocycles. The molecule has 5 heteroatoms. The number of benzene rings is 2. The highest BCUT2D eigenvalue weighted by atomic mass is 32.1. The van der Waals surface area contributed by atoms with E-state index >= 15 is 0 Å². The van der Waals surface area contributed by atoms with Crippen LogP contribution < -0.4 is 5.32 Å². The molecular weight excluding hydrogens is 328 g/mol. The summed E-state index contributed by atoms with van der Waals surface area (Å²) in [5.74, 6) is 0. The van der Waals surface area contributed by atoms with Crippen LogP contribution in [-0.2, 0) is 0 Å². The number of hydrogen-bond donors (Lipinski definition) is 2. The Hall–Kier alpha value is -2.37. The van der Waals surface area contributed by atoms with Crippen molar-refractivity contribution >= 4 is 12.2 Å². The van der Waals surface area contributed by atoms with E-state index in [0.29, 0.717) is 4.77 Å². The molecule has 0 bridgehead atoms. The van der Waals surface area contributed by atoms with Gasteiger partial charge in [0.15, 0.2) is 0 Å². The standard InChI is InChI=1S/C15H11N3S.C5H11N/c19-15-16-13(11-7-3-1-4-8-11)14(17-18-15)12-9-5-2-6-10-12;1-2-4-6-5-3-1/h1-10H,(H,16,18,19);6H,1-5H2. The number of aromatic amines is 1. The molecule has 3 aromatic rings. The lowest BCUT2D eigenvalue weighted by Crippen LogP contribution is -2.21. The highest BCUT2D eigenvalue weighted by Crippen LogP contribution is 2.27. The summed E-state index contributed by atoms with van der Waals surface area (Å²) >= 11 is 5.08. The van der Waals surface area contributed by atoms with Crippen molar-refractivity contribution in [2.24, 2.45) is 0 Å². The van der Waals surface area contributed by atoms with Crippen LogP contribution in [0.4, 0.5) is 0 Å². The molecule has 0 radical (unpaired) electrons. The largest absolute Gasteiger partial charge is 0.317 e. The van der Waals surface area contributed by atoms with Crippen LogP contribution in [0.15, 0.2) is 60.7 Å². The van der Waals surface area contributed by atoms with Crippen molar-refractivity contribution in [3.63, 3.8) is 0 Å². The number of piperidine rings is 1. The van der Waals surface area contributed by atoms with Crippen LogP contribution in [0.2, 0.25) is 0 Å². The molecule has 2 N–H and O–H groups in total. The van der Waals surface area contributed by atoms with Gasteiger partial charge in [0.2, 0.25) is 4.77 Å². The quantitative estimate of drug-likeness (QED) is 0.662. The molecule has 0 unspecified atom stereocenters. The minimum absolute atomic E-state index is 0.388. The van der Waals surface area contributed by atoms with Crippen LogP contribution in [0.5, 0.6) is 0 Å². The van der Waals surface area contributed by atoms with E-state index in [4.69, 9.17) is 12.2 Å². The monoisotopic (exact) mass is 350 g/mol. The Morgan fingerprint density at radius 1 is 0.720 bits per heavy atom. The maximum absolute atomic E-state index is 5.08. The summed E-state index contributed by atoms with van der Waals surface area (Å²) in [5.41, 5.74) is 3.63. The van der Waals surface area contributed by atoms with Crippen molar-refractivity contribution in [2.75, 3.05) is 13.1 Å². The molecule has 0 saturated carbocycles. The lowest BCUT2D eigenvalue weighted by Gasteiger charge is -2.08. The zero-order valence-electron chi connectivity index (χ0n) is 14.1. The minimum Gasteiger partial charge on any atom is -0.317 e. The summed E-state index contributed by atoms with van der Waals surface area (Å²) < 4.78 is 0.388. The Morgan fingerprint density at radius 2 is 1.28 bits per heavy atom. The van der Waals surface area contributed by atoms with E-state index in [9.17, 15) is 0 Å². The highest BCUT2D eigenvalue weighted by Gasteiger charge is 2.10. The van der Waals surface area contributed by atoms with Gasteiger partial charge in [0, 0.05) is 11.1 Å². The summed E-state index contributed by atoms with van der Waals surface area (Å²) in [7, 11) is 0. The topological polar surface area (TPSA) is 53.6 Å². The zero-order chi connectivity index (χ0) is 17.3. The summed E-state index contributed by atoms with van der Waals surface area (Å²) in [6.07, 6.45) is 4.22. The third kappa shape index (κ3) is 5.05. The Bertz CT molecular complexity index is 816. The third-order valence-electron chi connectivity index (χ3n) is 4.00. The Morgan fingerprint density at radius 3 is 1.76 bits per heavy atom. The van der Waals surface area contributed by atoms with E-state index in [0.717, 1.165) is 22.5 Å². The number of aromatic nitrogens is 3. The first-order valence-electron chi connectivity index (χ1n) is 8.63. The van der Waals surface area contributed by atoms with Crippen molar-refractivity contribution in [1.82, 2.24) is 20.5 Å². The van der Waals surface area contributed by atoms with Crippen molar-refractivity contribution in [3.05, 3.63) is 65.4 Å². The number of hydrogen-bond acceptors (Lipinski definition) is 4. The van der Waals surface area contributed by atoms with E-state index in [1.807, 2.05) is 60.7 Å². The molecule has 1 aromatic heterocycles. The number of rotatable bonds is 2. The first-order valence-corrected chi connectivity index (χ1v) is 9.04. The van der Waals surface area contributed by atoms with Crippen molar-refractivity contribution in [1.29, 1.82) is 0 Å². The SMILES string of the molecule is C1CCNCC1.S=c1nc(-c2ccccc2)c(-c2ccccc2)n[nH]1. The van der Waals surface area contributed by atoms with Gasteiger partial charge in [-0.15, -0.1) is 0 Å². The molecule has 0 amide bonds. The second kappa shape index (κ2) is 9.20. The van der Waals surface area contributed by atoms with Crippen LogP contribution in [0.25, 0.3) is 22.5 Å². The maximum Gasteiger partial charge on any atom is 0.214 e. The molecule has 4 rings (SSSR count). The summed E-state index contributed by atoms with van der Waals surface area (Å²) in [6.45, 7) is 2.50. The number of nitrogens with zero attached hydrogens (tertiary/aromatic N) is 2. The average Bonchev–Trinajstić information content (AvgIpc) is 2.71. The number of H-pyrrole nitrogens is 1. The smallest absolute Gasteiger partial charge is 0.214 e. The molecule has 1 saturated heterocycles. The van der Waals surface area contributed by atoms with Crippen LogP contribution in [0.1, 0.15) is 19.3 Å². The second-order valence-corrected chi connectivity index (χ2v) is 6.27. The average molecular weight is 350 g/mol. The van der Waals surface area contributed by atoms with Crippen LogP contribution in [-0.4, -0.2) is 28.3 Å². The van der Waals surface area contributed by atoms with Crippen LogP contribution in [0.3, 0.4) is 0 Å². The molecule has 2 heterocycles. The fraction of sp³-hybridized carbons (Fsp3) is 0.250. The minimum atomic E-state index is 0.388. The van der Waals surface area contributed by atoms with E-state index in [2.05, 4.69) is 20.5 Å². The maximum atomic E-state index is 5.08. The van der Waals surface area contributed by atoms with E-state index in [1.165, 1.54) is 32.4 Å². The molecule has 128 valence electrons. The van der Waals surface area contributed by atoms with Crippen molar-refractivity contribution in [2.45, 2.75) is 19.3 Å². The number of nitrogens with one attached hydrogen (secondary N) is 2. The van der Waals surface area contributed by atoms with E-state index in [1.54, 1.807) is 0 Å². The normalized spacial score (nSPS) is 13.6. The molecule has 1 aliphatic rings. The predicted octanol–water partition coefficient (Wildman–Crippen LogP) is 4.63. The van der Waals surface area contributed by atoms with Crippen LogP contribution in [0, 0.1) is 4.77 Å². The van der Waals surface area contributed by atoms with Gasteiger partial charge in [-0.2, -0.15) is 5.10 Å². The fourth-order valence-electron chi connectivity index (χ4n) is 2.73. The zero-order valence-corrected chi connectivity index (χ0v) is 14.9. The molecule has 2 aromatic carbocycles. The predicted molar refractivity (Wildman–Crippen MR) is 105 cm³/mol. The van der Waals surface area contributed by atoms with Gasteiger partial charge < -0.3 is 5.32 Å². The molecule has 0 atom stereocenters.